The van der Waals surface area contributed by atoms with Crippen molar-refractivity contribution in [2.75, 3.05) is 0 Å². The molecule has 0 nitrogen and oxygen atoms in total. The van der Waals surface area contributed by atoms with Crippen molar-refractivity contribution < 1.29 is 0 Å². The Hall–Kier alpha value is -7.02. The van der Waals surface area contributed by atoms with Crippen molar-refractivity contribution >= 4 is 64.6 Å². The molecule has 0 aliphatic heterocycles. The van der Waals surface area contributed by atoms with Crippen LogP contribution < -0.4 is 0 Å². The first-order valence-corrected chi connectivity index (χ1v) is 18.8. The summed E-state index contributed by atoms with van der Waals surface area (Å²) in [5.41, 5.74) is 10.0. The quantitative estimate of drug-likeness (QED) is 0.128. The minimum atomic E-state index is 1.22. The van der Waals surface area contributed by atoms with Crippen LogP contribution in [-0.2, 0) is 0 Å². The largest absolute Gasteiger partial charge is 0.0622 e. The number of hydrogen-bond acceptors (Lipinski definition) is 0. The topological polar surface area (TPSA) is 0 Å². The maximum atomic E-state index is 2.49. The highest BCUT2D eigenvalue weighted by molar-refractivity contribution is 6.28. The Kier molecular flexibility index (Phi) is 6.97. The van der Waals surface area contributed by atoms with E-state index < -0.39 is 0 Å². The molecule has 11 aromatic carbocycles. The molecular weight excluding hydrogens is 649 g/mol. The minimum absolute atomic E-state index is 1.22. The van der Waals surface area contributed by atoms with Gasteiger partial charge < -0.3 is 0 Å². The van der Waals surface area contributed by atoms with Gasteiger partial charge in [0.05, 0.1) is 0 Å². The van der Waals surface area contributed by atoms with Crippen molar-refractivity contribution in [1.82, 2.24) is 0 Å². The summed E-state index contributed by atoms with van der Waals surface area (Å²) in [5, 5.41) is 15.1. The van der Waals surface area contributed by atoms with Crippen LogP contribution in [0.1, 0.15) is 0 Å². The lowest BCUT2D eigenvalue weighted by molar-refractivity contribution is 1.63. The molecule has 0 heterocycles. The van der Waals surface area contributed by atoms with Gasteiger partial charge in [-0.05, 0) is 121 Å². The second-order valence-electron chi connectivity index (χ2n) is 14.4. The van der Waals surface area contributed by atoms with E-state index >= 15 is 0 Å². The molecule has 0 aliphatic rings. The first-order valence-electron chi connectivity index (χ1n) is 18.8. The Labute approximate surface area is 314 Å². The van der Waals surface area contributed by atoms with Crippen molar-refractivity contribution in [3.8, 4) is 44.5 Å². The van der Waals surface area contributed by atoms with E-state index in [1.165, 1.54) is 109 Å². The summed E-state index contributed by atoms with van der Waals surface area (Å²) in [6.45, 7) is 0. The predicted molar refractivity (Wildman–Crippen MR) is 233 cm³/mol. The Bertz CT molecular complexity index is 3240. The van der Waals surface area contributed by atoms with Crippen LogP contribution in [-0.4, -0.2) is 0 Å². The summed E-state index contributed by atoms with van der Waals surface area (Å²) >= 11 is 0. The Morgan fingerprint density at radius 3 is 1.07 bits per heavy atom. The lowest BCUT2D eigenvalue weighted by Gasteiger charge is -2.23. The fourth-order valence-corrected chi connectivity index (χ4v) is 9.05. The number of benzene rings is 11. The van der Waals surface area contributed by atoms with E-state index in [0.29, 0.717) is 0 Å². The molecule has 0 amide bonds. The highest BCUT2D eigenvalue weighted by Crippen LogP contribution is 2.51. The summed E-state index contributed by atoms with van der Waals surface area (Å²) in [4.78, 5) is 0. The predicted octanol–water partition coefficient (Wildman–Crippen LogP) is 15.3. The third-order valence-electron chi connectivity index (χ3n) is 11.4. The second kappa shape index (κ2) is 12.3. The van der Waals surface area contributed by atoms with Crippen LogP contribution in [0.5, 0.6) is 0 Å². The maximum absolute atomic E-state index is 2.49. The molecule has 0 radical (unpaired) electrons. The molecule has 0 fully saturated rings. The van der Waals surface area contributed by atoms with Crippen LogP contribution in [0.15, 0.2) is 206 Å². The third kappa shape index (κ3) is 4.71. The number of rotatable bonds is 4. The van der Waals surface area contributed by atoms with E-state index in [1.54, 1.807) is 0 Å². The highest BCUT2D eigenvalue weighted by atomic mass is 14.3. The fourth-order valence-electron chi connectivity index (χ4n) is 9.05. The molecule has 11 rings (SSSR count). The van der Waals surface area contributed by atoms with Crippen LogP contribution in [0, 0.1) is 0 Å². The normalized spacial score (nSPS) is 11.7. The lowest BCUT2D eigenvalue weighted by Crippen LogP contribution is -1.96. The summed E-state index contributed by atoms with van der Waals surface area (Å²) in [5.74, 6) is 0. The van der Waals surface area contributed by atoms with Crippen molar-refractivity contribution in [3.05, 3.63) is 206 Å². The molecule has 0 atom stereocenters. The molecule has 0 bridgehead atoms. The van der Waals surface area contributed by atoms with E-state index in [2.05, 4.69) is 206 Å². The van der Waals surface area contributed by atoms with Gasteiger partial charge in [0.25, 0.3) is 0 Å². The van der Waals surface area contributed by atoms with Gasteiger partial charge in [-0.15, -0.1) is 0 Å². The van der Waals surface area contributed by atoms with Gasteiger partial charge in [0.15, 0.2) is 0 Å². The minimum Gasteiger partial charge on any atom is -0.0622 e. The molecule has 0 saturated heterocycles. The number of fused-ring (bicyclic) bond motifs is 7. The van der Waals surface area contributed by atoms with E-state index in [1.807, 2.05) is 0 Å². The third-order valence-corrected chi connectivity index (χ3v) is 11.4. The van der Waals surface area contributed by atoms with E-state index in [9.17, 15) is 0 Å². The van der Waals surface area contributed by atoms with Crippen LogP contribution in [0.4, 0.5) is 0 Å². The molecule has 0 N–H and O–H groups in total. The molecular formula is C54H34. The van der Waals surface area contributed by atoms with Gasteiger partial charge in [0.1, 0.15) is 0 Å². The van der Waals surface area contributed by atoms with Gasteiger partial charge in [-0.1, -0.05) is 194 Å². The summed E-state index contributed by atoms with van der Waals surface area (Å²) in [7, 11) is 0. The SMILES string of the molecule is c1ccc(-c2c(-c3c4ccccc4c(-c4ccc5ccccc5c4-c4ccccc4)c4cc5c(ccc6ccccc65)cc34)ccc3ccccc23)cc1. The van der Waals surface area contributed by atoms with Crippen molar-refractivity contribution in [2.45, 2.75) is 0 Å². The van der Waals surface area contributed by atoms with Crippen molar-refractivity contribution in [3.63, 3.8) is 0 Å². The number of hydrogen-bond donors (Lipinski definition) is 0. The zero-order valence-corrected chi connectivity index (χ0v) is 29.6. The van der Waals surface area contributed by atoms with Gasteiger partial charge in [-0.3, -0.25) is 0 Å². The maximum Gasteiger partial charge on any atom is -0.00197 e. The summed E-state index contributed by atoms with van der Waals surface area (Å²) in [6.07, 6.45) is 0. The highest BCUT2D eigenvalue weighted by Gasteiger charge is 2.23. The summed E-state index contributed by atoms with van der Waals surface area (Å²) in [6, 6.07) is 76.3. The first kappa shape index (κ1) is 30.6. The Morgan fingerprint density at radius 2 is 0.556 bits per heavy atom. The van der Waals surface area contributed by atoms with Gasteiger partial charge in [-0.25, -0.2) is 0 Å². The van der Waals surface area contributed by atoms with E-state index in [4.69, 9.17) is 0 Å². The average Bonchev–Trinajstić information content (AvgIpc) is 3.25. The van der Waals surface area contributed by atoms with Crippen molar-refractivity contribution in [1.29, 1.82) is 0 Å². The Morgan fingerprint density at radius 1 is 0.185 bits per heavy atom. The van der Waals surface area contributed by atoms with E-state index in [0.717, 1.165) is 0 Å². The van der Waals surface area contributed by atoms with Gasteiger partial charge in [0, 0.05) is 0 Å². The second-order valence-corrected chi connectivity index (χ2v) is 14.4. The van der Waals surface area contributed by atoms with Crippen LogP contribution >= 0.6 is 0 Å². The monoisotopic (exact) mass is 682 g/mol. The molecule has 0 aliphatic carbocycles. The van der Waals surface area contributed by atoms with Crippen molar-refractivity contribution in [2.24, 2.45) is 0 Å². The van der Waals surface area contributed by atoms with Crippen LogP contribution in [0.25, 0.3) is 109 Å². The molecule has 250 valence electrons. The molecule has 11 aromatic rings. The molecule has 0 saturated carbocycles. The molecule has 0 heteroatoms. The molecule has 0 aromatic heterocycles. The zero-order valence-electron chi connectivity index (χ0n) is 29.6. The fraction of sp³-hybridized carbons (Fsp3) is 0. The lowest BCUT2D eigenvalue weighted by atomic mass is 9.80. The zero-order chi connectivity index (χ0) is 35.6. The smallest absolute Gasteiger partial charge is 0.00197 e. The first-order chi connectivity index (χ1) is 26.8. The molecule has 0 spiro atoms. The standard InChI is InChI=1S/C54H34/c1-3-18-38(19-4-1)51-42-23-11-8-16-36(42)29-31-46(51)53-44-25-13-14-26-45(44)54(50-34-48-40(33-49(50)53)28-27-35-15-7-10-22-41(35)48)47-32-30-37-17-9-12-24-43(37)52(47)39-20-5-2-6-21-39/h1-34H. The van der Waals surface area contributed by atoms with E-state index in [-0.39, 0.29) is 0 Å². The van der Waals surface area contributed by atoms with Gasteiger partial charge in [0.2, 0.25) is 0 Å². The molecule has 0 unspecified atom stereocenters. The van der Waals surface area contributed by atoms with Gasteiger partial charge in [-0.2, -0.15) is 0 Å². The molecule has 54 heavy (non-hydrogen) atoms. The Balaban J connectivity index is 1.38. The van der Waals surface area contributed by atoms with Crippen LogP contribution in [0.3, 0.4) is 0 Å². The van der Waals surface area contributed by atoms with Gasteiger partial charge >= 0.3 is 0 Å². The van der Waals surface area contributed by atoms with Crippen LogP contribution in [0.2, 0.25) is 0 Å². The average molecular weight is 683 g/mol. The summed E-state index contributed by atoms with van der Waals surface area (Å²) < 4.78 is 0.